The minimum atomic E-state index is -5.08. The zero-order chi connectivity index (χ0) is 19.5. The number of carboxylic acid groups (broad SMARTS) is 1. The number of hydrogen-bond acceptors (Lipinski definition) is 5. The van der Waals surface area contributed by atoms with Crippen molar-refractivity contribution >= 4 is 28.5 Å². The summed E-state index contributed by atoms with van der Waals surface area (Å²) in [5.74, 6) is -2.73. The molecule has 2 aromatic rings. The molecule has 1 atom stereocenters. The average molecular weight is 370 g/mol. The lowest BCUT2D eigenvalue weighted by molar-refractivity contribution is -0.192. The summed E-state index contributed by atoms with van der Waals surface area (Å²) in [7, 11) is 0. The highest BCUT2D eigenvalue weighted by molar-refractivity contribution is 5.90. The Labute approximate surface area is 146 Å². The fourth-order valence-corrected chi connectivity index (χ4v) is 2.45. The molecule has 0 unspecified atom stereocenters. The molecule has 10 heteroatoms. The zero-order valence-electron chi connectivity index (χ0n) is 13.5. The molecule has 140 valence electrons. The molecule has 1 fully saturated rings. The van der Waals surface area contributed by atoms with Crippen LogP contribution in [0.15, 0.2) is 30.5 Å². The first-order valence-electron chi connectivity index (χ1n) is 7.57. The molecule has 3 rings (SSSR count). The van der Waals surface area contributed by atoms with Crippen LogP contribution in [0.1, 0.15) is 12.0 Å². The van der Waals surface area contributed by atoms with Gasteiger partial charge in [0.1, 0.15) is 0 Å². The number of halogens is 3. The summed E-state index contributed by atoms with van der Waals surface area (Å²) in [6, 6.07) is 7.35. The molecule has 7 nitrogen and oxygen atoms in total. The molecular formula is C16H17F3N4O3. The third-order valence-electron chi connectivity index (χ3n) is 3.79. The van der Waals surface area contributed by atoms with Crippen molar-refractivity contribution in [1.29, 1.82) is 0 Å². The molecule has 1 aromatic carbocycles. The van der Waals surface area contributed by atoms with Gasteiger partial charge >= 0.3 is 12.1 Å². The van der Waals surface area contributed by atoms with E-state index in [9.17, 15) is 18.0 Å². The maximum atomic E-state index is 11.8. The Bertz CT molecular complexity index is 826. The van der Waals surface area contributed by atoms with Gasteiger partial charge in [-0.3, -0.25) is 9.78 Å². The van der Waals surface area contributed by atoms with E-state index in [1.54, 1.807) is 17.2 Å². The predicted octanol–water partition coefficient (Wildman–Crippen LogP) is 1.51. The van der Waals surface area contributed by atoms with E-state index in [0.717, 1.165) is 29.4 Å². The number of aromatic nitrogens is 1. The number of likely N-dealkylation sites (tertiary alicyclic amines) is 1. The fourth-order valence-electron chi connectivity index (χ4n) is 2.45. The van der Waals surface area contributed by atoms with E-state index in [4.69, 9.17) is 21.4 Å². The molecular weight excluding hydrogens is 353 g/mol. The van der Waals surface area contributed by atoms with Gasteiger partial charge in [-0.2, -0.15) is 13.2 Å². The summed E-state index contributed by atoms with van der Waals surface area (Å²) in [6.45, 7) is 1.30. The van der Waals surface area contributed by atoms with Crippen LogP contribution in [-0.4, -0.2) is 45.6 Å². The Hall–Kier alpha value is -2.88. The van der Waals surface area contributed by atoms with Crippen molar-refractivity contribution in [2.75, 3.05) is 12.3 Å². The number of carboxylic acids is 1. The molecule has 1 aliphatic rings. The highest BCUT2D eigenvalue weighted by atomic mass is 19.4. The van der Waals surface area contributed by atoms with Gasteiger partial charge in [0.2, 0.25) is 5.91 Å². The van der Waals surface area contributed by atoms with E-state index < -0.39 is 12.1 Å². The van der Waals surface area contributed by atoms with Crippen LogP contribution in [0.2, 0.25) is 0 Å². The molecule has 1 aliphatic heterocycles. The van der Waals surface area contributed by atoms with Crippen LogP contribution >= 0.6 is 0 Å². The van der Waals surface area contributed by atoms with E-state index in [1.165, 1.54) is 0 Å². The first-order valence-corrected chi connectivity index (χ1v) is 7.57. The molecule has 1 saturated heterocycles. The van der Waals surface area contributed by atoms with Gasteiger partial charge in [-0.05, 0) is 30.2 Å². The normalized spacial score (nSPS) is 17.2. The number of nitrogens with zero attached hydrogens (tertiary/aromatic N) is 2. The number of nitrogen functional groups attached to an aromatic ring is 1. The maximum Gasteiger partial charge on any atom is 0.490 e. The van der Waals surface area contributed by atoms with Crippen molar-refractivity contribution in [1.82, 2.24) is 9.88 Å². The smallest absolute Gasteiger partial charge is 0.475 e. The Morgan fingerprint density at radius 3 is 2.54 bits per heavy atom. The molecule has 5 N–H and O–H groups in total. The number of aliphatic carboxylic acids is 1. The Balaban J connectivity index is 0.000000298. The van der Waals surface area contributed by atoms with E-state index in [-0.39, 0.29) is 11.9 Å². The minimum Gasteiger partial charge on any atom is -0.475 e. The molecule has 0 radical (unpaired) electrons. The van der Waals surface area contributed by atoms with Gasteiger partial charge < -0.3 is 21.5 Å². The first kappa shape index (κ1) is 19.4. The second kappa shape index (κ2) is 7.56. The molecule has 26 heavy (non-hydrogen) atoms. The lowest BCUT2D eigenvalue weighted by Crippen LogP contribution is -2.33. The topological polar surface area (TPSA) is 123 Å². The lowest BCUT2D eigenvalue weighted by atomic mass is 10.1. The van der Waals surface area contributed by atoms with Crippen molar-refractivity contribution in [3.8, 4) is 0 Å². The summed E-state index contributed by atoms with van der Waals surface area (Å²) in [4.78, 5) is 26.8. The summed E-state index contributed by atoms with van der Waals surface area (Å²) in [6.07, 6.45) is -2.66. The lowest BCUT2D eigenvalue weighted by Gasteiger charge is -2.16. The SMILES string of the molecule is Nc1ccnc2ccc(CN3CC[C@H](N)C3=O)cc12.O=C(O)C(F)(F)F. The van der Waals surface area contributed by atoms with Gasteiger partial charge in [-0.15, -0.1) is 0 Å². The van der Waals surface area contributed by atoms with E-state index >= 15 is 0 Å². The third kappa shape index (κ3) is 4.60. The number of rotatable bonds is 2. The van der Waals surface area contributed by atoms with Gasteiger partial charge in [-0.1, -0.05) is 6.07 Å². The standard InChI is InChI=1S/C14H16N4O.C2HF3O2/c15-11-3-5-17-13-2-1-9(7-10(11)13)8-18-6-4-12(16)14(18)19;3-2(4,5)1(6)7/h1-3,5,7,12H,4,6,8,16H2,(H2,15,17);(H,6,7)/t12-;/m0./s1. The van der Waals surface area contributed by atoms with Crippen molar-refractivity contribution in [2.45, 2.75) is 25.2 Å². The number of benzene rings is 1. The predicted molar refractivity (Wildman–Crippen MR) is 87.9 cm³/mol. The van der Waals surface area contributed by atoms with Crippen LogP contribution < -0.4 is 11.5 Å². The van der Waals surface area contributed by atoms with Crippen molar-refractivity contribution in [2.24, 2.45) is 5.73 Å². The quantitative estimate of drug-likeness (QED) is 0.736. The zero-order valence-corrected chi connectivity index (χ0v) is 13.5. The molecule has 0 bridgehead atoms. The highest BCUT2D eigenvalue weighted by Gasteiger charge is 2.38. The Morgan fingerprint density at radius 1 is 1.35 bits per heavy atom. The van der Waals surface area contributed by atoms with E-state index in [1.807, 2.05) is 18.2 Å². The molecule has 2 heterocycles. The van der Waals surface area contributed by atoms with Crippen molar-refractivity contribution in [3.63, 3.8) is 0 Å². The van der Waals surface area contributed by atoms with Gasteiger partial charge in [0.25, 0.3) is 0 Å². The van der Waals surface area contributed by atoms with E-state index in [2.05, 4.69) is 4.98 Å². The summed E-state index contributed by atoms with van der Waals surface area (Å²) in [5, 5.41) is 8.05. The maximum absolute atomic E-state index is 11.8. The van der Waals surface area contributed by atoms with Gasteiger partial charge in [0.15, 0.2) is 0 Å². The number of amides is 1. The average Bonchev–Trinajstić information content (AvgIpc) is 2.87. The number of anilines is 1. The van der Waals surface area contributed by atoms with Gasteiger partial charge in [0.05, 0.1) is 11.6 Å². The van der Waals surface area contributed by atoms with Crippen molar-refractivity contribution in [3.05, 3.63) is 36.0 Å². The van der Waals surface area contributed by atoms with Crippen LogP contribution in [0.25, 0.3) is 10.9 Å². The minimum absolute atomic E-state index is 0.0271. The van der Waals surface area contributed by atoms with Crippen LogP contribution in [0.5, 0.6) is 0 Å². The van der Waals surface area contributed by atoms with Crippen LogP contribution in [0.4, 0.5) is 18.9 Å². The number of pyridine rings is 1. The number of fused-ring (bicyclic) bond motifs is 1. The second-order valence-electron chi connectivity index (χ2n) is 5.71. The van der Waals surface area contributed by atoms with Gasteiger partial charge in [-0.25, -0.2) is 4.79 Å². The number of nitrogens with two attached hydrogens (primary N) is 2. The monoisotopic (exact) mass is 370 g/mol. The Kier molecular flexibility index (Phi) is 5.66. The second-order valence-corrected chi connectivity index (χ2v) is 5.71. The van der Waals surface area contributed by atoms with Crippen LogP contribution in [0, 0.1) is 0 Å². The number of hydrogen-bond donors (Lipinski definition) is 3. The number of alkyl halides is 3. The largest absolute Gasteiger partial charge is 0.490 e. The fraction of sp³-hybridized carbons (Fsp3) is 0.312. The van der Waals surface area contributed by atoms with Crippen LogP contribution in [-0.2, 0) is 16.1 Å². The number of carbonyl (C=O) groups is 2. The number of carbonyl (C=O) groups excluding carboxylic acids is 1. The Morgan fingerprint density at radius 2 is 2.00 bits per heavy atom. The van der Waals surface area contributed by atoms with Gasteiger partial charge in [0, 0.05) is 30.4 Å². The molecule has 0 aliphatic carbocycles. The summed E-state index contributed by atoms with van der Waals surface area (Å²) >= 11 is 0. The molecule has 0 saturated carbocycles. The molecule has 0 spiro atoms. The summed E-state index contributed by atoms with van der Waals surface area (Å²) < 4.78 is 31.7. The van der Waals surface area contributed by atoms with Crippen LogP contribution in [0.3, 0.4) is 0 Å². The summed E-state index contributed by atoms with van der Waals surface area (Å²) in [5.41, 5.74) is 14.3. The third-order valence-corrected chi connectivity index (χ3v) is 3.79. The molecule has 1 amide bonds. The van der Waals surface area contributed by atoms with Crippen molar-refractivity contribution < 1.29 is 27.9 Å². The molecule has 1 aromatic heterocycles. The highest BCUT2D eigenvalue weighted by Crippen LogP contribution is 2.22. The first-order chi connectivity index (χ1) is 12.1. The van der Waals surface area contributed by atoms with E-state index in [0.29, 0.717) is 12.2 Å².